The Morgan fingerprint density at radius 3 is 1.20 bits per heavy atom. The summed E-state index contributed by atoms with van der Waals surface area (Å²) in [6.07, 6.45) is -15.2. The molecule has 15 aromatic rings. The number of alkyl halides is 12. The summed E-state index contributed by atoms with van der Waals surface area (Å²) in [4.78, 5) is 134. The molecule has 150 heavy (non-hydrogen) atoms. The zero-order valence-corrected chi connectivity index (χ0v) is 86.1. The maximum atomic E-state index is 13.1. The van der Waals surface area contributed by atoms with Gasteiger partial charge < -0.3 is 39.4 Å². The molecule has 6 aromatic carbocycles. The van der Waals surface area contributed by atoms with Crippen molar-refractivity contribution in [3.8, 4) is 0 Å². The van der Waals surface area contributed by atoms with Gasteiger partial charge in [0.25, 0.3) is 0 Å². The van der Waals surface area contributed by atoms with Gasteiger partial charge in [-0.05, 0) is 185 Å². The second kappa shape index (κ2) is 45.1. The summed E-state index contributed by atoms with van der Waals surface area (Å²) < 4.78 is 178. The molecule has 0 fully saturated rings. The molecule has 2 N–H and O–H groups in total. The number of nitrogens with zero attached hydrogens (tertiary/aromatic N) is 22. The highest BCUT2D eigenvalue weighted by atomic mass is 35.5. The van der Waals surface area contributed by atoms with Crippen LogP contribution in [0.4, 0.5) is 86.8 Å². The third-order valence-corrected chi connectivity index (χ3v) is 30.1. The Bertz CT molecular complexity index is 7890. The molecular weight excluding hydrogens is 2100 g/mol. The molecule has 0 radical (unpaired) electrons. The van der Waals surface area contributed by atoms with Crippen molar-refractivity contribution in [3.63, 3.8) is 0 Å². The molecule has 0 saturated heterocycles. The predicted octanol–water partition coefficient (Wildman–Crippen LogP) is 17.2. The highest BCUT2D eigenvalue weighted by Crippen LogP contribution is 2.41. The van der Waals surface area contributed by atoms with Crippen LogP contribution >= 0.6 is 68.5 Å². The fraction of sp³-hybridized carbons (Fsp3) is 0.340. The van der Waals surface area contributed by atoms with Crippen LogP contribution in [0.15, 0.2) is 176 Å². The lowest BCUT2D eigenvalue weighted by Crippen LogP contribution is -2.48. The molecule has 0 spiro atoms. The first-order valence-electron chi connectivity index (χ1n) is 46.5. The topological polar surface area (TPSA) is 348 Å². The number of ether oxygens (including phenoxy) is 1. The number of hydrogen-bond donors (Lipinski definition) is 2. The van der Waals surface area contributed by atoms with Crippen molar-refractivity contribution in [2.45, 2.75) is 190 Å². The van der Waals surface area contributed by atoms with Crippen LogP contribution in [0, 0.1) is 61.2 Å². The molecule has 0 aliphatic carbocycles. The van der Waals surface area contributed by atoms with E-state index in [4.69, 9.17) is 27.9 Å². The van der Waals surface area contributed by atoms with Gasteiger partial charge in [0, 0.05) is 94.2 Å². The van der Waals surface area contributed by atoms with Crippen molar-refractivity contribution in [3.05, 3.63) is 366 Å². The maximum absolute atomic E-state index is 13.1. The Balaban J connectivity index is 0.000000134. The van der Waals surface area contributed by atoms with E-state index in [0.717, 1.165) is 92.1 Å². The average molecular weight is 2190 g/mol. The third-order valence-electron chi connectivity index (χ3n) is 25.1. The smallest absolute Gasteiger partial charge is 0.443 e. The fourth-order valence-electron chi connectivity index (χ4n) is 17.4. The van der Waals surface area contributed by atoms with Crippen LogP contribution in [0.25, 0.3) is 0 Å². The summed E-state index contributed by atoms with van der Waals surface area (Å²) in [5.74, 6) is 2.31. The number of thiazole rings is 2. The number of esters is 1. The average Bonchev–Trinajstić information content (AvgIpc) is 1.45. The van der Waals surface area contributed by atoms with Gasteiger partial charge in [0.1, 0.15) is 50.7 Å². The molecule has 0 bridgehead atoms. The minimum absolute atomic E-state index is 0.0179. The van der Waals surface area contributed by atoms with Gasteiger partial charge in [-0.3, -0.25) is 22.8 Å². The first-order chi connectivity index (χ1) is 71.0. The van der Waals surface area contributed by atoms with E-state index in [9.17, 15) is 96.1 Å². The second-order valence-electron chi connectivity index (χ2n) is 35.8. The van der Waals surface area contributed by atoms with Gasteiger partial charge in [-0.2, -0.15) is 103 Å². The number of benzene rings is 6. The lowest BCUT2D eigenvalue weighted by atomic mass is 9.94. The summed E-state index contributed by atoms with van der Waals surface area (Å²) >= 11 is 14.7. The standard InChI is InChI=1S/C22H21F3N4O3S.C21H21FN4O2.C19H15Cl2F3N4OS.C19H18F3N5O2S.C19H18F3N5OS/c1-3-32-19(30)17-10-14-6-4-5-7-15(14)11-29(17)20-26-13(2)28(21(31)27-20)12-16-8-9-18(33-16)22(23,24)25;1-13-3-6-16-11-25(12-19(27)18(16)9-13)20-23-14(2)26(21(28)24-20)10-15-4-7-17(22)8-5-15;1-10-25-17(27-7-6-12-13(9-27)15(21)4-3-14(12)20)26-18(29)28(10)8-11-2-5-16(30-11)19(22,23)24;1-10-3-4-12-7-26(9-15(28)14(12)5-10)17-24-11(2)27(18(29)25-17)8-13-6-23-16(30-13)19(20,21)22;1-11-3-4-14-9-26(6-5-13(14)7-11)17-24-12(2)27(18(28)25-17)10-15-8-23-16(29-15)19(20,21)22/h4-9,17H,3,10-12H2,1-2H3;3-9,19,27H,10-12H2,1-2H3;2-5H,6-9H2,1H3;3-6,15,28H,7-9H2,1-2H3;3-4,7-8H,5-6,9-10H2,1-2H3. The van der Waals surface area contributed by atoms with E-state index in [1.807, 2.05) is 89.2 Å². The number of β-amino-alcohol motifs (C(OH)–C–C–N with tert-alkyl or cyclic N) is 2. The molecular formula is C100H93Cl2F13N22O9S4. The van der Waals surface area contributed by atoms with Crippen molar-refractivity contribution in [2.24, 2.45) is 0 Å². The molecule has 786 valence electrons. The normalized spacial score (nSPS) is 15.4. The van der Waals surface area contributed by atoms with E-state index < -0.39 is 97.1 Å². The van der Waals surface area contributed by atoms with Gasteiger partial charge >= 0.3 is 59.1 Å². The molecule has 3 unspecified atom stereocenters. The third kappa shape index (κ3) is 25.7. The summed E-state index contributed by atoms with van der Waals surface area (Å²) in [7, 11) is 0. The number of aryl methyl sites for hydroxylation is 8. The quantitative estimate of drug-likeness (QED) is 0.0631. The first kappa shape index (κ1) is 109. The SMILES string of the molecule is CCOC(=O)C1Cc2ccccc2CN1c1nc(C)n(Cc2ccc(C(F)(F)F)s2)c(=O)n1.Cc1ccc2c(c1)C(O)CN(c1nc(C)n(Cc3ccc(F)cc3)c(=O)n1)C2.Cc1ccc2c(c1)C(O)CN(c1nc(C)n(Cc3cnc(C(F)(F)F)s3)c(=O)n1)C2.Cc1ccc2c(c1)CCN(c1nc(C)n(Cc3cnc(C(F)(F)F)s3)c(=O)n1)C2.Cc1nc(N2CCc3c(Cl)ccc(Cl)c3C2)nc(=O)n1Cc1ccc(C(F)(F)F)s1. The number of halogens is 15. The Kier molecular flexibility index (Phi) is 32.7. The molecule has 14 heterocycles. The van der Waals surface area contributed by atoms with Crippen molar-refractivity contribution in [2.75, 3.05) is 57.3 Å². The largest absolute Gasteiger partial charge is 0.464 e. The maximum Gasteiger partial charge on any atom is 0.443 e. The number of carbonyl (C=O) groups excluding carboxylic acids is 1. The number of anilines is 5. The van der Waals surface area contributed by atoms with Crippen molar-refractivity contribution >= 4 is 104 Å². The minimum atomic E-state index is -4.52. The Labute approximate surface area is 872 Å². The fourth-order valence-corrected chi connectivity index (χ4v) is 21.2. The molecule has 0 amide bonds. The molecule has 0 saturated carbocycles. The highest BCUT2D eigenvalue weighted by Gasteiger charge is 2.41. The van der Waals surface area contributed by atoms with Gasteiger partial charge in [0.2, 0.25) is 29.7 Å². The van der Waals surface area contributed by atoms with Crippen LogP contribution in [0.1, 0.15) is 165 Å². The van der Waals surface area contributed by atoms with Crippen molar-refractivity contribution < 1.29 is 76.8 Å². The monoisotopic (exact) mass is 2190 g/mol. The van der Waals surface area contributed by atoms with E-state index in [-0.39, 0.29) is 80.2 Å². The van der Waals surface area contributed by atoms with Gasteiger partial charge in [-0.15, -0.1) is 45.3 Å². The minimum Gasteiger partial charge on any atom is -0.464 e. The zero-order valence-electron chi connectivity index (χ0n) is 81.3. The molecule has 3 atom stereocenters. The molecule has 20 rings (SSSR count). The molecule has 9 aromatic heterocycles. The number of thiophene rings is 2. The van der Waals surface area contributed by atoms with Crippen LogP contribution in [0.3, 0.4) is 0 Å². The lowest BCUT2D eigenvalue weighted by molar-refractivity contribution is -0.145. The summed E-state index contributed by atoms with van der Waals surface area (Å²) in [6.45, 7) is 20.3. The van der Waals surface area contributed by atoms with E-state index in [1.54, 1.807) is 75.6 Å². The summed E-state index contributed by atoms with van der Waals surface area (Å²) in [5.41, 5.74) is 11.4. The van der Waals surface area contributed by atoms with Gasteiger partial charge in [0.05, 0.1) is 64.6 Å². The van der Waals surface area contributed by atoms with E-state index >= 15 is 0 Å². The van der Waals surface area contributed by atoms with Crippen molar-refractivity contribution in [1.29, 1.82) is 0 Å². The molecule has 5 aliphatic heterocycles. The van der Waals surface area contributed by atoms with Crippen LogP contribution in [0.5, 0.6) is 0 Å². The predicted molar refractivity (Wildman–Crippen MR) is 538 cm³/mol. The number of carbonyl (C=O) groups is 1. The number of aliphatic hydroxyl groups excluding tert-OH is 2. The van der Waals surface area contributed by atoms with E-state index in [2.05, 4.69) is 84.9 Å². The molecule has 5 aliphatic rings. The molecule has 50 heteroatoms. The zero-order chi connectivity index (χ0) is 108. The van der Waals surface area contributed by atoms with Crippen LogP contribution in [-0.2, 0) is 119 Å². The lowest BCUT2D eigenvalue weighted by Gasteiger charge is -2.35. The second-order valence-corrected chi connectivity index (χ2v) is 41.2. The van der Waals surface area contributed by atoms with Gasteiger partial charge in [0.15, 0.2) is 10.0 Å². The van der Waals surface area contributed by atoms with Crippen LogP contribution < -0.4 is 52.9 Å². The number of hydrogen-bond acceptors (Lipinski definition) is 30. The number of rotatable bonds is 17. The number of aliphatic hydroxyl groups is 2. The van der Waals surface area contributed by atoms with E-state index in [1.165, 1.54) is 63.8 Å². The Morgan fingerprint density at radius 1 is 0.393 bits per heavy atom. The highest BCUT2D eigenvalue weighted by molar-refractivity contribution is 7.12. The Morgan fingerprint density at radius 2 is 0.773 bits per heavy atom. The van der Waals surface area contributed by atoms with Crippen LogP contribution in [-0.4, -0.2) is 138 Å². The summed E-state index contributed by atoms with van der Waals surface area (Å²) in [6, 6.07) is 39.2. The molecule has 31 nitrogen and oxygen atoms in total. The first-order valence-corrected chi connectivity index (χ1v) is 50.5. The summed E-state index contributed by atoms with van der Waals surface area (Å²) in [5, 5.41) is 20.4. The number of fused-ring (bicyclic) bond motifs is 5. The van der Waals surface area contributed by atoms with Gasteiger partial charge in [-0.1, -0.05) is 131 Å². The number of aromatic nitrogens is 17. The van der Waals surface area contributed by atoms with Crippen LogP contribution in [0.2, 0.25) is 10.0 Å². The van der Waals surface area contributed by atoms with Crippen molar-refractivity contribution in [1.82, 2.24) is 82.6 Å². The van der Waals surface area contributed by atoms with E-state index in [0.29, 0.717) is 170 Å². The van der Waals surface area contributed by atoms with Gasteiger partial charge in [-0.25, -0.2) is 43.1 Å². The Hall–Kier alpha value is -13.9.